The Kier molecular flexibility index (Phi) is 22.3. The van der Waals surface area contributed by atoms with Crippen molar-refractivity contribution >= 4 is 68.6 Å². The van der Waals surface area contributed by atoms with Gasteiger partial charge >= 0.3 is 69.7 Å². The topological polar surface area (TPSA) is 177 Å². The van der Waals surface area contributed by atoms with E-state index in [-0.39, 0.29) is 73.8 Å². The molecule has 0 radical (unpaired) electrons. The van der Waals surface area contributed by atoms with Crippen molar-refractivity contribution < 1.29 is 123 Å². The van der Waals surface area contributed by atoms with Crippen molar-refractivity contribution in [1.29, 1.82) is 0 Å². The van der Waals surface area contributed by atoms with Crippen molar-refractivity contribution in [2.75, 3.05) is 0 Å². The predicted octanol–water partition coefficient (Wildman–Crippen LogP) is -1.69. The van der Waals surface area contributed by atoms with Crippen LogP contribution in [0.2, 0.25) is 0 Å². The van der Waals surface area contributed by atoms with E-state index in [1.54, 1.807) is 0 Å². The molecule has 0 saturated heterocycles. The maximum absolute atomic E-state index is 13.3. The first-order valence-electron chi connectivity index (χ1n) is 11.1. The normalized spacial score (nSPS) is 10.6. The Hall–Kier alpha value is -1.17. The molecule has 0 aromatic heterocycles. The van der Waals surface area contributed by atoms with Crippen molar-refractivity contribution in [2.45, 2.75) is 24.5 Å². The first kappa shape index (κ1) is 48.9. The first-order chi connectivity index (χ1) is 21.1. The van der Waals surface area contributed by atoms with Gasteiger partial charge in [0.15, 0.2) is 9.84 Å². The van der Waals surface area contributed by atoms with Crippen LogP contribution in [-0.4, -0.2) is 42.4 Å². The van der Waals surface area contributed by atoms with Gasteiger partial charge in [-0.3, -0.25) is 0 Å². The molecule has 0 N–H and O–H groups in total. The van der Waals surface area contributed by atoms with Gasteiger partial charge in [0.05, 0.1) is 19.6 Å². The molecule has 0 unspecified atom stereocenters. The van der Waals surface area contributed by atoms with E-state index in [9.17, 15) is 51.3 Å². The van der Waals surface area contributed by atoms with Gasteiger partial charge < -0.3 is 8.44 Å². The van der Waals surface area contributed by atoms with Crippen molar-refractivity contribution in [1.82, 2.24) is 0 Å². The molecule has 0 aliphatic carbocycles. The summed E-state index contributed by atoms with van der Waals surface area (Å²) >= 11 is 3.90. The van der Waals surface area contributed by atoms with E-state index >= 15 is 0 Å². The van der Waals surface area contributed by atoms with Crippen LogP contribution in [0.15, 0.2) is 109 Å². The van der Waals surface area contributed by atoms with E-state index in [4.69, 9.17) is 12.6 Å². The van der Waals surface area contributed by atoms with Crippen molar-refractivity contribution in [3.63, 3.8) is 0 Å². The number of hydrogen-bond donors (Lipinski definition) is 0. The summed E-state index contributed by atoms with van der Waals surface area (Å²) in [5.41, 5.74) is 0. The van der Waals surface area contributed by atoms with E-state index in [0.29, 0.717) is 12.1 Å². The molecular weight excluding hydrogens is 813 g/mol. The molecular formula is C24H15F5Na2O10PS6-. The number of hydrogen-bond acceptors (Lipinski definition) is 12. The molecule has 0 aliphatic heterocycles. The van der Waals surface area contributed by atoms with Gasteiger partial charge in [-0.25, -0.2) is 71.0 Å². The van der Waals surface area contributed by atoms with Gasteiger partial charge in [-0.05, 0) is 71.6 Å². The summed E-state index contributed by atoms with van der Waals surface area (Å²) in [6.45, 7) is 0. The second-order valence-electron chi connectivity index (χ2n) is 7.76. The summed E-state index contributed by atoms with van der Waals surface area (Å²) in [6.07, 6.45) is 0. The Morgan fingerprint density at radius 3 is 1.33 bits per heavy atom. The molecule has 0 amide bonds. The molecule has 0 atom stereocenters. The summed E-state index contributed by atoms with van der Waals surface area (Å²) in [5, 5.41) is 0. The summed E-state index contributed by atoms with van der Waals surface area (Å²) in [7, 11) is -15.2. The maximum Gasteiger partial charge on any atom is 1.00 e. The fraction of sp³-hybridized carbons (Fsp3) is 0. The van der Waals surface area contributed by atoms with Crippen LogP contribution in [0.25, 0.3) is 0 Å². The fourth-order valence-corrected chi connectivity index (χ4v) is 6.07. The van der Waals surface area contributed by atoms with Crippen molar-refractivity contribution in [3.8, 4) is 0 Å². The van der Waals surface area contributed by atoms with Gasteiger partial charge in [0.1, 0.15) is 27.6 Å². The third kappa shape index (κ3) is 16.7. The Balaban J connectivity index is 0. The van der Waals surface area contributed by atoms with Gasteiger partial charge in [0.2, 0.25) is 9.84 Å². The summed E-state index contributed by atoms with van der Waals surface area (Å²) in [5.74, 6) is -3.16. The Bertz CT molecular complexity index is 2130. The molecule has 0 aliphatic rings. The minimum absolute atomic E-state index is 0. The Morgan fingerprint density at radius 1 is 0.667 bits per heavy atom. The maximum atomic E-state index is 13.3. The zero-order chi connectivity index (χ0) is 35.5. The molecule has 4 aromatic rings. The summed E-state index contributed by atoms with van der Waals surface area (Å²) < 4.78 is 168. The Morgan fingerprint density at radius 2 is 1.00 bits per heavy atom. The van der Waals surface area contributed by atoms with E-state index in [1.807, 2.05) is 6.07 Å². The second kappa shape index (κ2) is 21.9. The van der Waals surface area contributed by atoms with Crippen molar-refractivity contribution in [2.24, 2.45) is 0 Å². The van der Waals surface area contributed by atoms with Crippen LogP contribution in [0.5, 0.6) is 0 Å². The molecule has 24 heteroatoms. The smallest absolute Gasteiger partial charge is 0.744 e. The molecule has 0 fully saturated rings. The average Bonchev–Trinajstić information content (AvgIpc) is 2.93. The van der Waals surface area contributed by atoms with Crippen molar-refractivity contribution in [3.05, 3.63) is 114 Å². The predicted molar refractivity (Wildman–Crippen MR) is 157 cm³/mol. The molecule has 0 saturated carbocycles. The zero-order valence-corrected chi connectivity index (χ0v) is 33.9. The van der Waals surface area contributed by atoms with E-state index in [1.165, 1.54) is 24.3 Å². The van der Waals surface area contributed by atoms with E-state index < -0.39 is 82.5 Å². The van der Waals surface area contributed by atoms with E-state index in [2.05, 4.69) is 19.2 Å². The third-order valence-corrected chi connectivity index (χ3v) is 9.17. The largest absolute Gasteiger partial charge is 1.00 e. The quantitative estimate of drug-likeness (QED) is 0.0328. The van der Waals surface area contributed by atoms with Crippen LogP contribution in [0.4, 0.5) is 21.4 Å². The van der Waals surface area contributed by atoms with Crippen LogP contribution in [0.3, 0.4) is 0 Å². The molecule has 4 aromatic carbocycles. The summed E-state index contributed by atoms with van der Waals surface area (Å²) in [4.78, 5) is -2.28. The van der Waals surface area contributed by atoms with Gasteiger partial charge in [-0.1, -0.05) is 0 Å². The van der Waals surface area contributed by atoms with Crippen LogP contribution in [-0.2, 0) is 60.6 Å². The van der Waals surface area contributed by atoms with Crippen LogP contribution in [0, 0.1) is 29.3 Å². The molecule has 0 heterocycles. The molecule has 10 nitrogen and oxygen atoms in total. The minimum Gasteiger partial charge on any atom is -0.744 e. The van der Waals surface area contributed by atoms with E-state index in [0.717, 1.165) is 48.5 Å². The van der Waals surface area contributed by atoms with Crippen LogP contribution in [0.1, 0.15) is 0 Å². The molecule has 0 bridgehead atoms. The molecule has 48 heavy (non-hydrogen) atoms. The average molecular weight is 828 g/mol. The second-order valence-corrected chi connectivity index (χ2v) is 16.7. The van der Waals surface area contributed by atoms with Crippen LogP contribution < -0.4 is 59.1 Å². The number of halogens is 5. The van der Waals surface area contributed by atoms with Crippen LogP contribution >= 0.6 is 8.02 Å². The summed E-state index contributed by atoms with van der Waals surface area (Å²) in [6, 6.07) is 15.4. The zero-order valence-electron chi connectivity index (χ0n) is 24.0. The van der Waals surface area contributed by atoms with Gasteiger partial charge in [0.25, 0.3) is 0 Å². The van der Waals surface area contributed by atoms with Gasteiger partial charge in [-0.15, -0.1) is 24.8 Å². The minimum atomic E-state index is -5.16. The number of sulfone groups is 2. The SMILES string of the molecule is F[S-](=P)=S.O=S(=O)([O-])c1cc(S(=O)(=O)c2c[c-]c(F)cc2)ccc1F.O=S(=O)(c1ccc(F)cc1)c1ccc(F)cc1.O=S(=O)=O.[Na+].[Na+]. The first-order valence-corrected chi connectivity index (χ1v) is 19.7. The Labute approximate surface area is 326 Å². The fourth-order valence-electron chi connectivity index (χ4n) is 2.90. The molecule has 250 valence electrons. The van der Waals surface area contributed by atoms with Gasteiger partial charge in [0, 0.05) is 5.82 Å². The standard InChI is InChI=1S/C12H7F2O5S2.C12H8F2O2S.FHPS2.2Na.O3S/c13-8-1-3-9(4-2-8)20(15,16)10-5-6-11(14)12(7-10)21(17,18)19;13-9-1-5-11(6-2-9)17(15,16)12-7-3-10(14)4-8-12;1-4(2)3;;;1-4(2)3/h1,3-7H,(H,17,18,19);1-8H;2H;;;/q-1;;-1;2*+1;/p-1. The number of rotatable bonds is 5. The van der Waals surface area contributed by atoms with Gasteiger partial charge in [-0.2, -0.15) is 12.1 Å². The third-order valence-electron chi connectivity index (χ3n) is 4.79. The molecule has 4 rings (SSSR count). The molecule has 0 spiro atoms. The number of benzene rings is 4. The monoisotopic (exact) mass is 827 g/mol.